The van der Waals surface area contributed by atoms with Crippen LogP contribution in [0.15, 0.2) is 47.0 Å². The van der Waals surface area contributed by atoms with Gasteiger partial charge < -0.3 is 14.7 Å². The van der Waals surface area contributed by atoms with Crippen LogP contribution in [0.5, 0.6) is 0 Å². The fourth-order valence-corrected chi connectivity index (χ4v) is 3.31. The second-order valence-corrected chi connectivity index (χ2v) is 7.09. The Balaban J connectivity index is 1.37. The van der Waals surface area contributed by atoms with E-state index >= 15 is 0 Å². The number of nitrogens with zero attached hydrogens (tertiary/aromatic N) is 7. The summed E-state index contributed by atoms with van der Waals surface area (Å²) >= 11 is 0. The van der Waals surface area contributed by atoms with E-state index in [4.69, 9.17) is 10.2 Å². The topological polar surface area (TPSA) is 113 Å². The van der Waals surface area contributed by atoms with Gasteiger partial charge in [-0.15, -0.1) is 15.3 Å². The molecule has 0 fully saturated rings. The number of hydrogen-bond donors (Lipinski definition) is 1. The molecule has 3 aromatic heterocycles. The molecule has 0 aliphatic heterocycles. The van der Waals surface area contributed by atoms with Gasteiger partial charge in [-0.1, -0.05) is 17.3 Å². The number of aryl methyl sites for hydroxylation is 1. The molecule has 0 unspecified atom stereocenters. The standard InChI is InChI=1S/C20H15F3N8O/c1-30-16-5-4-10(7-14(16)25-20(30)24)15-9-31(29-26-15)8-12-3-2-11(6-13(12)21)18-27-28-19(32-18)17(22)23/h2-7,9,17H,8H2,1H3,(H2,24,25). The first kappa shape index (κ1) is 19.7. The van der Waals surface area contributed by atoms with Gasteiger partial charge in [0.15, 0.2) is 0 Å². The Morgan fingerprint density at radius 2 is 1.88 bits per heavy atom. The number of aromatic nitrogens is 7. The number of fused-ring (bicyclic) bond motifs is 1. The molecule has 12 heteroatoms. The number of halogens is 3. The number of nitrogen functional groups attached to an aromatic ring is 1. The Morgan fingerprint density at radius 3 is 2.62 bits per heavy atom. The average molecular weight is 440 g/mol. The van der Waals surface area contributed by atoms with Crippen molar-refractivity contribution >= 4 is 17.0 Å². The van der Waals surface area contributed by atoms with Gasteiger partial charge in [-0.05, 0) is 24.3 Å². The van der Waals surface area contributed by atoms with Crippen molar-refractivity contribution in [2.75, 3.05) is 5.73 Å². The molecule has 5 rings (SSSR count). The third-order valence-corrected chi connectivity index (χ3v) is 5.01. The summed E-state index contributed by atoms with van der Waals surface area (Å²) < 4.78 is 48.0. The normalized spacial score (nSPS) is 11.7. The molecule has 0 saturated heterocycles. The lowest BCUT2D eigenvalue weighted by molar-refractivity contribution is 0.116. The van der Waals surface area contributed by atoms with Crippen LogP contribution in [0.1, 0.15) is 17.9 Å². The van der Waals surface area contributed by atoms with Crippen molar-refractivity contribution in [3.63, 3.8) is 0 Å². The van der Waals surface area contributed by atoms with Crippen LogP contribution < -0.4 is 5.73 Å². The molecule has 9 nitrogen and oxygen atoms in total. The lowest BCUT2D eigenvalue weighted by Gasteiger charge is -2.04. The predicted octanol–water partition coefficient (Wildman–Crippen LogP) is 3.59. The van der Waals surface area contributed by atoms with Crippen LogP contribution in [0, 0.1) is 5.82 Å². The highest BCUT2D eigenvalue weighted by molar-refractivity contribution is 5.83. The maximum Gasteiger partial charge on any atom is 0.314 e. The fraction of sp³-hybridized carbons (Fsp3) is 0.150. The van der Waals surface area contributed by atoms with E-state index in [2.05, 4.69) is 25.5 Å². The van der Waals surface area contributed by atoms with Crippen LogP contribution in [0.4, 0.5) is 19.1 Å². The monoisotopic (exact) mass is 440 g/mol. The SMILES string of the molecule is Cn1c(N)nc2cc(-c3cn(Cc4ccc(-c5nnc(C(F)F)o5)cc4F)nn3)ccc21. The molecule has 0 saturated carbocycles. The van der Waals surface area contributed by atoms with Crippen LogP contribution >= 0.6 is 0 Å². The summed E-state index contributed by atoms with van der Waals surface area (Å²) in [6.45, 7) is 0.115. The van der Waals surface area contributed by atoms with Crippen LogP contribution in [-0.2, 0) is 13.6 Å². The Morgan fingerprint density at radius 1 is 1.06 bits per heavy atom. The molecule has 3 heterocycles. The summed E-state index contributed by atoms with van der Waals surface area (Å²) in [4.78, 5) is 4.31. The van der Waals surface area contributed by atoms with E-state index in [1.54, 1.807) is 10.8 Å². The summed E-state index contributed by atoms with van der Waals surface area (Å²) in [6.07, 6.45) is -1.20. The molecule has 0 aliphatic carbocycles. The largest absolute Gasteiger partial charge is 0.415 e. The van der Waals surface area contributed by atoms with Gasteiger partial charge in [0.25, 0.3) is 5.89 Å². The number of anilines is 1. The lowest BCUT2D eigenvalue weighted by Crippen LogP contribution is -2.03. The Kier molecular flexibility index (Phi) is 4.61. The molecular weight excluding hydrogens is 425 g/mol. The van der Waals surface area contributed by atoms with Gasteiger partial charge in [0.2, 0.25) is 11.8 Å². The van der Waals surface area contributed by atoms with E-state index in [-0.39, 0.29) is 18.0 Å². The quantitative estimate of drug-likeness (QED) is 0.444. The van der Waals surface area contributed by atoms with Crippen LogP contribution in [0.2, 0.25) is 0 Å². The highest BCUT2D eigenvalue weighted by Gasteiger charge is 2.18. The van der Waals surface area contributed by atoms with Crippen molar-refractivity contribution in [1.29, 1.82) is 0 Å². The fourth-order valence-electron chi connectivity index (χ4n) is 3.31. The first-order valence-electron chi connectivity index (χ1n) is 9.42. The smallest absolute Gasteiger partial charge is 0.314 e. The van der Waals surface area contributed by atoms with Gasteiger partial charge in [0.05, 0.1) is 23.8 Å². The van der Waals surface area contributed by atoms with Gasteiger partial charge in [0, 0.05) is 23.7 Å². The molecule has 0 amide bonds. The minimum absolute atomic E-state index is 0.115. The number of benzene rings is 2. The zero-order valence-corrected chi connectivity index (χ0v) is 16.6. The number of alkyl halides is 2. The van der Waals surface area contributed by atoms with Crippen LogP contribution in [0.25, 0.3) is 33.7 Å². The molecule has 0 radical (unpaired) electrons. The second kappa shape index (κ2) is 7.48. The van der Waals surface area contributed by atoms with Gasteiger partial charge in [-0.3, -0.25) is 0 Å². The Labute approximate surface area is 178 Å². The summed E-state index contributed by atoms with van der Waals surface area (Å²) in [5, 5.41) is 15.0. The molecule has 2 N–H and O–H groups in total. The molecule has 162 valence electrons. The van der Waals surface area contributed by atoms with E-state index in [1.165, 1.54) is 16.8 Å². The summed E-state index contributed by atoms with van der Waals surface area (Å²) in [5.74, 6) is -1.15. The minimum atomic E-state index is -2.89. The van der Waals surface area contributed by atoms with Crippen molar-refractivity contribution in [1.82, 2.24) is 34.7 Å². The molecule has 0 aliphatic rings. The van der Waals surface area contributed by atoms with E-state index in [0.717, 1.165) is 22.7 Å². The number of hydrogen-bond acceptors (Lipinski definition) is 7. The maximum atomic E-state index is 14.6. The molecule has 5 aromatic rings. The molecule has 32 heavy (non-hydrogen) atoms. The predicted molar refractivity (Wildman–Crippen MR) is 108 cm³/mol. The molecule has 0 atom stereocenters. The maximum absolute atomic E-state index is 14.6. The first-order chi connectivity index (χ1) is 15.4. The zero-order valence-electron chi connectivity index (χ0n) is 16.6. The molecule has 2 aromatic carbocycles. The van der Waals surface area contributed by atoms with Crippen molar-refractivity contribution in [2.45, 2.75) is 13.0 Å². The lowest BCUT2D eigenvalue weighted by atomic mass is 10.1. The average Bonchev–Trinajstić information content (AvgIpc) is 3.50. The summed E-state index contributed by atoms with van der Waals surface area (Å²) in [5.41, 5.74) is 9.39. The number of imidazole rings is 1. The van der Waals surface area contributed by atoms with Crippen molar-refractivity contribution in [3.05, 3.63) is 59.9 Å². The van der Waals surface area contributed by atoms with Crippen LogP contribution in [0.3, 0.4) is 0 Å². The molecular formula is C20H15F3N8O. The number of nitrogens with two attached hydrogens (primary N) is 1. The van der Waals surface area contributed by atoms with Crippen molar-refractivity contribution in [3.8, 4) is 22.7 Å². The van der Waals surface area contributed by atoms with Crippen molar-refractivity contribution in [2.24, 2.45) is 7.05 Å². The number of rotatable bonds is 5. The summed E-state index contributed by atoms with van der Waals surface area (Å²) in [7, 11) is 1.83. The summed E-state index contributed by atoms with van der Waals surface area (Å²) in [6, 6.07) is 9.79. The van der Waals surface area contributed by atoms with Gasteiger partial charge in [-0.2, -0.15) is 8.78 Å². The van der Waals surface area contributed by atoms with Gasteiger partial charge in [-0.25, -0.2) is 14.1 Å². The third-order valence-electron chi connectivity index (χ3n) is 5.01. The third kappa shape index (κ3) is 3.45. The van der Waals surface area contributed by atoms with E-state index in [0.29, 0.717) is 17.2 Å². The molecule has 0 spiro atoms. The Hall–Kier alpha value is -4.22. The highest BCUT2D eigenvalue weighted by atomic mass is 19.3. The van der Waals surface area contributed by atoms with Gasteiger partial charge in [0.1, 0.15) is 11.5 Å². The van der Waals surface area contributed by atoms with E-state index in [9.17, 15) is 13.2 Å². The van der Waals surface area contributed by atoms with Gasteiger partial charge >= 0.3 is 6.43 Å². The Bertz CT molecular complexity index is 1440. The second-order valence-electron chi connectivity index (χ2n) is 7.09. The highest BCUT2D eigenvalue weighted by Crippen LogP contribution is 2.26. The van der Waals surface area contributed by atoms with E-state index in [1.807, 2.05) is 25.2 Å². The van der Waals surface area contributed by atoms with Crippen molar-refractivity contribution < 1.29 is 17.6 Å². The van der Waals surface area contributed by atoms with E-state index < -0.39 is 18.1 Å². The molecule has 0 bridgehead atoms. The first-order valence-corrected chi connectivity index (χ1v) is 9.42. The minimum Gasteiger partial charge on any atom is -0.415 e. The zero-order chi connectivity index (χ0) is 22.4. The van der Waals surface area contributed by atoms with Crippen LogP contribution in [-0.4, -0.2) is 34.7 Å².